The van der Waals surface area contributed by atoms with Gasteiger partial charge in [-0.1, -0.05) is 29.8 Å². The number of ether oxygens (including phenoxy) is 1. The zero-order chi connectivity index (χ0) is 30.8. The summed E-state index contributed by atoms with van der Waals surface area (Å²) in [6.45, 7) is 5.17. The molecule has 2 bridgehead atoms. The van der Waals surface area contributed by atoms with Gasteiger partial charge in [0.15, 0.2) is 0 Å². The molecule has 3 aliphatic rings. The van der Waals surface area contributed by atoms with Crippen LogP contribution in [0.2, 0.25) is 5.02 Å². The molecule has 6 rings (SSSR count). The van der Waals surface area contributed by atoms with E-state index in [1.807, 2.05) is 22.8 Å². The molecule has 2 saturated heterocycles. The first-order chi connectivity index (χ1) is 21.3. The number of aromatic nitrogens is 1. The molecule has 2 fully saturated rings. The largest absolute Gasteiger partial charge is 0.450 e. The lowest BCUT2D eigenvalue weighted by atomic mass is 9.83. The Morgan fingerprint density at radius 2 is 1.75 bits per heavy atom. The van der Waals surface area contributed by atoms with Crippen molar-refractivity contribution in [2.75, 3.05) is 43.0 Å². The van der Waals surface area contributed by atoms with Crippen LogP contribution in [0.3, 0.4) is 0 Å². The number of anilines is 2. The number of halogens is 1. The first kappa shape index (κ1) is 29.7. The van der Waals surface area contributed by atoms with Gasteiger partial charge < -0.3 is 29.7 Å². The van der Waals surface area contributed by atoms with Gasteiger partial charge in [0.05, 0.1) is 28.6 Å². The minimum absolute atomic E-state index is 0.0280. The highest BCUT2D eigenvalue weighted by molar-refractivity contribution is 6.34. The second kappa shape index (κ2) is 12.7. The third-order valence-electron chi connectivity index (χ3n) is 8.80. The van der Waals surface area contributed by atoms with Crippen molar-refractivity contribution in [2.45, 2.75) is 44.7 Å². The van der Waals surface area contributed by atoms with Crippen LogP contribution in [0, 0.1) is 5.92 Å². The monoisotopic (exact) mass is 617 g/mol. The summed E-state index contributed by atoms with van der Waals surface area (Å²) in [4.78, 5) is 55.3. The van der Waals surface area contributed by atoms with Gasteiger partial charge in [-0.2, -0.15) is 0 Å². The molecule has 0 radical (unpaired) electrons. The number of nitrogens with one attached hydrogen (secondary N) is 2. The van der Waals surface area contributed by atoms with E-state index < -0.39 is 0 Å². The Kier molecular flexibility index (Phi) is 8.61. The normalized spacial score (nSPS) is 19.6. The summed E-state index contributed by atoms with van der Waals surface area (Å²) in [5.74, 6) is -0.165. The van der Waals surface area contributed by atoms with E-state index in [1.54, 1.807) is 54.3 Å². The van der Waals surface area contributed by atoms with Crippen molar-refractivity contribution in [1.82, 2.24) is 14.8 Å². The number of amides is 3. The van der Waals surface area contributed by atoms with Gasteiger partial charge in [0.2, 0.25) is 0 Å². The number of likely N-dealkylation sites (tertiary alicyclic amines) is 1. The van der Waals surface area contributed by atoms with Gasteiger partial charge in [-0.25, -0.2) is 4.79 Å². The van der Waals surface area contributed by atoms with Gasteiger partial charge in [-0.3, -0.25) is 14.4 Å². The zero-order valence-electron chi connectivity index (χ0n) is 24.6. The lowest BCUT2D eigenvalue weighted by molar-refractivity contribution is 0.0859. The number of rotatable bonds is 6. The fourth-order valence-electron chi connectivity index (χ4n) is 6.67. The molecule has 230 valence electrons. The number of benzene rings is 2. The third kappa shape index (κ3) is 6.17. The van der Waals surface area contributed by atoms with Gasteiger partial charge in [0, 0.05) is 62.0 Å². The van der Waals surface area contributed by atoms with Crippen LogP contribution in [0.25, 0.3) is 0 Å². The van der Waals surface area contributed by atoms with Crippen molar-refractivity contribution < 1.29 is 19.1 Å². The molecular weight excluding hydrogens is 582 g/mol. The molecule has 3 aromatic rings. The molecular formula is C33H36ClN5O5. The number of fused-ring (bicyclic) bond motifs is 4. The predicted octanol–water partition coefficient (Wildman–Crippen LogP) is 4.73. The summed E-state index contributed by atoms with van der Waals surface area (Å²) in [6, 6.07) is 17.6. The number of nitrogens with zero attached hydrogens (tertiary/aromatic N) is 3. The molecule has 44 heavy (non-hydrogen) atoms. The molecule has 3 aliphatic heterocycles. The molecule has 2 unspecified atom stereocenters. The second-order valence-corrected chi connectivity index (χ2v) is 12.1. The lowest BCUT2D eigenvalue weighted by Crippen LogP contribution is -2.47. The first-order valence-corrected chi connectivity index (χ1v) is 15.6. The standard InChI is InChI=1S/C33H36ClN5O5/c1-2-44-33(43)37-14-12-24(13-15-37)35-31(41)22-10-11-29(27(17-22)36-32(42)25-6-3-4-7-26(25)34)38-18-21-16-23(20-38)28-8-5-9-30(40)39(28)19-21/h3-11,17,21,23-24H,2,12-16,18-20H2,1H3,(H,35,41)(H,36,42). The maximum atomic E-state index is 13.4. The molecule has 11 heteroatoms. The van der Waals surface area contributed by atoms with Crippen LogP contribution in [-0.4, -0.2) is 66.2 Å². The fourth-order valence-corrected chi connectivity index (χ4v) is 6.89. The number of hydrogen-bond donors (Lipinski definition) is 2. The average Bonchev–Trinajstić information content (AvgIpc) is 3.02. The van der Waals surface area contributed by atoms with Crippen LogP contribution in [0.1, 0.15) is 58.5 Å². The summed E-state index contributed by atoms with van der Waals surface area (Å²) in [5.41, 5.74) is 3.15. The fraction of sp³-hybridized carbons (Fsp3) is 0.394. The minimum atomic E-state index is -0.366. The van der Waals surface area contributed by atoms with Crippen LogP contribution in [0.15, 0.2) is 65.5 Å². The number of carbonyl (C=O) groups excluding carboxylic acids is 3. The van der Waals surface area contributed by atoms with Crippen LogP contribution < -0.4 is 21.1 Å². The Balaban J connectivity index is 1.24. The van der Waals surface area contributed by atoms with E-state index in [1.165, 1.54) is 0 Å². The van der Waals surface area contributed by atoms with Gasteiger partial charge in [0.25, 0.3) is 17.4 Å². The molecule has 3 amide bonds. The van der Waals surface area contributed by atoms with E-state index in [2.05, 4.69) is 15.5 Å². The minimum Gasteiger partial charge on any atom is -0.450 e. The SMILES string of the molecule is CCOC(=O)N1CCC(NC(=O)c2ccc(N3CC4CC(C3)c3cccc(=O)n3C4)c(NC(=O)c3ccccc3Cl)c2)CC1. The van der Waals surface area contributed by atoms with Gasteiger partial charge in [-0.15, -0.1) is 0 Å². The van der Waals surface area contributed by atoms with E-state index >= 15 is 0 Å². The Labute approximate surface area is 260 Å². The van der Waals surface area contributed by atoms with Crippen LogP contribution >= 0.6 is 11.6 Å². The van der Waals surface area contributed by atoms with Crippen LogP contribution in [-0.2, 0) is 11.3 Å². The summed E-state index contributed by atoms with van der Waals surface area (Å²) in [7, 11) is 0. The van der Waals surface area contributed by atoms with E-state index in [0.717, 1.165) is 24.3 Å². The first-order valence-electron chi connectivity index (χ1n) is 15.2. The smallest absolute Gasteiger partial charge is 0.409 e. The molecule has 1 aromatic heterocycles. The summed E-state index contributed by atoms with van der Waals surface area (Å²) in [5, 5.41) is 6.47. The third-order valence-corrected chi connectivity index (χ3v) is 9.13. The molecule has 2 atom stereocenters. The Morgan fingerprint density at radius 3 is 2.52 bits per heavy atom. The Bertz CT molecular complexity index is 1630. The molecule has 10 nitrogen and oxygen atoms in total. The topological polar surface area (TPSA) is 113 Å². The van der Waals surface area contributed by atoms with E-state index in [-0.39, 0.29) is 41.3 Å². The highest BCUT2D eigenvalue weighted by Crippen LogP contribution is 2.39. The van der Waals surface area contributed by atoms with Crippen molar-refractivity contribution in [1.29, 1.82) is 0 Å². The van der Waals surface area contributed by atoms with Gasteiger partial charge >= 0.3 is 6.09 Å². The number of pyridine rings is 1. The molecule has 2 N–H and O–H groups in total. The maximum Gasteiger partial charge on any atom is 0.409 e. The van der Waals surface area contributed by atoms with Crippen molar-refractivity contribution in [3.63, 3.8) is 0 Å². The lowest BCUT2D eigenvalue weighted by Gasteiger charge is -2.44. The molecule has 2 aromatic carbocycles. The van der Waals surface area contributed by atoms with E-state index in [0.29, 0.717) is 67.5 Å². The highest BCUT2D eigenvalue weighted by Gasteiger charge is 2.35. The van der Waals surface area contributed by atoms with Gasteiger partial charge in [0.1, 0.15) is 0 Å². The molecule has 4 heterocycles. The summed E-state index contributed by atoms with van der Waals surface area (Å²) in [6.07, 6.45) is 1.92. The molecule has 0 spiro atoms. The molecule has 0 aliphatic carbocycles. The summed E-state index contributed by atoms with van der Waals surface area (Å²) < 4.78 is 6.99. The quantitative estimate of drug-likeness (QED) is 0.414. The van der Waals surface area contributed by atoms with Crippen LogP contribution in [0.4, 0.5) is 16.2 Å². The van der Waals surface area contributed by atoms with Crippen molar-refractivity contribution in [2.24, 2.45) is 5.92 Å². The van der Waals surface area contributed by atoms with E-state index in [4.69, 9.17) is 16.3 Å². The number of carbonyl (C=O) groups is 3. The zero-order valence-corrected chi connectivity index (χ0v) is 25.4. The van der Waals surface area contributed by atoms with Crippen molar-refractivity contribution in [3.05, 3.63) is 92.9 Å². The molecule has 0 saturated carbocycles. The number of piperidine rings is 2. The van der Waals surface area contributed by atoms with Crippen LogP contribution in [0.5, 0.6) is 0 Å². The average molecular weight is 618 g/mol. The van der Waals surface area contributed by atoms with Gasteiger partial charge in [-0.05, 0) is 68.5 Å². The summed E-state index contributed by atoms with van der Waals surface area (Å²) >= 11 is 6.34. The maximum absolute atomic E-state index is 13.4. The van der Waals surface area contributed by atoms with E-state index in [9.17, 15) is 19.2 Å². The Morgan fingerprint density at radius 1 is 0.955 bits per heavy atom. The predicted molar refractivity (Wildman–Crippen MR) is 169 cm³/mol. The second-order valence-electron chi connectivity index (χ2n) is 11.7. The number of hydrogen-bond acceptors (Lipinski definition) is 6. The van der Waals surface area contributed by atoms with Crippen molar-refractivity contribution in [3.8, 4) is 0 Å². The van der Waals surface area contributed by atoms with Crippen molar-refractivity contribution >= 4 is 40.9 Å². The Hall–Kier alpha value is -4.31. The highest BCUT2D eigenvalue weighted by atomic mass is 35.5.